The van der Waals surface area contributed by atoms with Gasteiger partial charge in [0, 0.05) is 31.2 Å². The van der Waals surface area contributed by atoms with Crippen LogP contribution in [0.5, 0.6) is 5.75 Å². The first kappa shape index (κ1) is 15.1. The third kappa shape index (κ3) is 3.44. The van der Waals surface area contributed by atoms with Crippen LogP contribution in [-0.2, 0) is 0 Å². The van der Waals surface area contributed by atoms with Crippen LogP contribution in [0.4, 0.5) is 0 Å². The number of benzene rings is 1. The first-order valence-electron chi connectivity index (χ1n) is 6.96. The average molecular weight is 297 g/mol. The summed E-state index contributed by atoms with van der Waals surface area (Å²) in [6, 6.07) is 3.57. The fourth-order valence-electron chi connectivity index (χ4n) is 2.21. The van der Waals surface area contributed by atoms with E-state index in [1.54, 1.807) is 6.07 Å². The number of nitrogens with zero attached hydrogens (tertiary/aromatic N) is 1. The van der Waals surface area contributed by atoms with Gasteiger partial charge in [-0.05, 0) is 38.5 Å². The van der Waals surface area contributed by atoms with Gasteiger partial charge in [0.1, 0.15) is 5.75 Å². The van der Waals surface area contributed by atoms with E-state index in [2.05, 4.69) is 5.32 Å². The van der Waals surface area contributed by atoms with E-state index < -0.39 is 0 Å². The number of hydrogen-bond acceptors (Lipinski definition) is 3. The highest BCUT2D eigenvalue weighted by atomic mass is 35.5. The van der Waals surface area contributed by atoms with Gasteiger partial charge in [-0.3, -0.25) is 4.79 Å². The maximum Gasteiger partial charge on any atom is 0.257 e. The zero-order valence-corrected chi connectivity index (χ0v) is 13.0. The molecule has 1 N–H and O–H groups in total. The second-order valence-corrected chi connectivity index (χ2v) is 5.71. The molecule has 4 nitrogen and oxygen atoms in total. The van der Waals surface area contributed by atoms with E-state index in [9.17, 15) is 4.79 Å². The van der Waals surface area contributed by atoms with Gasteiger partial charge < -0.3 is 15.0 Å². The van der Waals surface area contributed by atoms with E-state index in [1.807, 2.05) is 31.7 Å². The van der Waals surface area contributed by atoms with E-state index in [-0.39, 0.29) is 12.0 Å². The van der Waals surface area contributed by atoms with Crippen molar-refractivity contribution in [2.75, 3.05) is 26.2 Å². The van der Waals surface area contributed by atoms with Crippen LogP contribution in [0.3, 0.4) is 0 Å². The standard InChI is InChI=1S/C15H21ClN2O2/c1-10(2)20-14-8-11(3)13(16)9-12(14)15(19)18-6-4-17-5-7-18/h8-10,17H,4-7H2,1-3H3. The van der Waals surface area contributed by atoms with Gasteiger partial charge in [0.25, 0.3) is 5.91 Å². The van der Waals surface area contributed by atoms with Gasteiger partial charge in [-0.25, -0.2) is 0 Å². The van der Waals surface area contributed by atoms with E-state index >= 15 is 0 Å². The predicted octanol–water partition coefficient (Wildman–Crippen LogP) is 2.48. The minimum atomic E-state index is -0.0101. The van der Waals surface area contributed by atoms with Gasteiger partial charge >= 0.3 is 0 Å². The first-order chi connectivity index (χ1) is 9.49. The van der Waals surface area contributed by atoms with Crippen molar-refractivity contribution in [1.29, 1.82) is 0 Å². The van der Waals surface area contributed by atoms with Gasteiger partial charge in [0.15, 0.2) is 0 Å². The predicted molar refractivity (Wildman–Crippen MR) is 80.7 cm³/mol. The lowest BCUT2D eigenvalue weighted by molar-refractivity contribution is 0.0729. The maximum atomic E-state index is 12.6. The molecule has 1 aromatic carbocycles. The second-order valence-electron chi connectivity index (χ2n) is 5.31. The largest absolute Gasteiger partial charge is 0.490 e. The molecule has 2 rings (SSSR count). The summed E-state index contributed by atoms with van der Waals surface area (Å²) >= 11 is 6.17. The average Bonchev–Trinajstić information content (AvgIpc) is 2.42. The molecule has 110 valence electrons. The quantitative estimate of drug-likeness (QED) is 0.932. The van der Waals surface area contributed by atoms with Crippen molar-refractivity contribution in [3.63, 3.8) is 0 Å². The lowest BCUT2D eigenvalue weighted by Gasteiger charge is -2.28. The molecular formula is C15H21ClN2O2. The molecule has 0 atom stereocenters. The zero-order chi connectivity index (χ0) is 14.7. The SMILES string of the molecule is Cc1cc(OC(C)C)c(C(=O)N2CCNCC2)cc1Cl. The molecule has 5 heteroatoms. The Morgan fingerprint density at radius 1 is 1.35 bits per heavy atom. The van der Waals surface area contributed by atoms with Crippen LogP contribution in [0.15, 0.2) is 12.1 Å². The van der Waals surface area contributed by atoms with Crippen molar-refractivity contribution < 1.29 is 9.53 Å². The number of ether oxygens (including phenoxy) is 1. The van der Waals surface area contributed by atoms with Crippen molar-refractivity contribution in [1.82, 2.24) is 10.2 Å². The molecule has 0 spiro atoms. The van der Waals surface area contributed by atoms with Crippen molar-refractivity contribution in [2.24, 2.45) is 0 Å². The van der Waals surface area contributed by atoms with Gasteiger partial charge in [0.05, 0.1) is 11.7 Å². The van der Waals surface area contributed by atoms with E-state index in [1.165, 1.54) is 0 Å². The Balaban J connectivity index is 2.32. The van der Waals surface area contributed by atoms with Gasteiger partial charge in [0.2, 0.25) is 0 Å². The number of halogens is 1. The monoisotopic (exact) mass is 296 g/mol. The Morgan fingerprint density at radius 3 is 2.60 bits per heavy atom. The highest BCUT2D eigenvalue weighted by Crippen LogP contribution is 2.28. The third-order valence-electron chi connectivity index (χ3n) is 3.26. The minimum Gasteiger partial charge on any atom is -0.490 e. The number of aryl methyl sites for hydroxylation is 1. The van der Waals surface area contributed by atoms with Crippen LogP contribution in [0.25, 0.3) is 0 Å². The summed E-state index contributed by atoms with van der Waals surface area (Å²) in [6.07, 6.45) is 0.0187. The Labute approximate surface area is 125 Å². The summed E-state index contributed by atoms with van der Waals surface area (Å²) in [5.41, 5.74) is 1.47. The summed E-state index contributed by atoms with van der Waals surface area (Å²) in [6.45, 7) is 8.88. The van der Waals surface area contributed by atoms with Crippen LogP contribution in [0.1, 0.15) is 29.8 Å². The van der Waals surface area contributed by atoms with E-state index in [0.717, 1.165) is 18.7 Å². The lowest BCUT2D eigenvalue weighted by atomic mass is 10.1. The molecule has 1 saturated heterocycles. The molecule has 1 fully saturated rings. The molecule has 1 amide bonds. The lowest BCUT2D eigenvalue weighted by Crippen LogP contribution is -2.46. The number of hydrogen-bond donors (Lipinski definition) is 1. The Kier molecular flexibility index (Phi) is 4.89. The molecule has 20 heavy (non-hydrogen) atoms. The fourth-order valence-corrected chi connectivity index (χ4v) is 2.38. The molecule has 1 aromatic rings. The minimum absolute atomic E-state index is 0.0101. The van der Waals surface area contributed by atoms with Crippen LogP contribution in [0.2, 0.25) is 5.02 Å². The Hall–Kier alpha value is -1.26. The highest BCUT2D eigenvalue weighted by Gasteiger charge is 2.22. The number of piperazine rings is 1. The topological polar surface area (TPSA) is 41.6 Å². The molecule has 0 aromatic heterocycles. The molecule has 0 aliphatic carbocycles. The van der Waals surface area contributed by atoms with Crippen LogP contribution >= 0.6 is 11.6 Å². The number of nitrogens with one attached hydrogen (secondary N) is 1. The molecule has 1 heterocycles. The summed E-state index contributed by atoms with van der Waals surface area (Å²) in [5, 5.41) is 3.83. The van der Waals surface area contributed by atoms with Crippen molar-refractivity contribution in [3.05, 3.63) is 28.3 Å². The van der Waals surface area contributed by atoms with Crippen molar-refractivity contribution >= 4 is 17.5 Å². The first-order valence-corrected chi connectivity index (χ1v) is 7.33. The van der Waals surface area contributed by atoms with Gasteiger partial charge in [-0.15, -0.1) is 0 Å². The van der Waals surface area contributed by atoms with Crippen LogP contribution in [-0.4, -0.2) is 43.1 Å². The van der Waals surface area contributed by atoms with Crippen LogP contribution in [0, 0.1) is 6.92 Å². The summed E-state index contributed by atoms with van der Waals surface area (Å²) in [7, 11) is 0. The highest BCUT2D eigenvalue weighted by molar-refractivity contribution is 6.31. The van der Waals surface area contributed by atoms with Crippen molar-refractivity contribution in [3.8, 4) is 5.75 Å². The molecule has 1 aliphatic heterocycles. The smallest absolute Gasteiger partial charge is 0.257 e. The number of carbonyl (C=O) groups excluding carboxylic acids is 1. The summed E-state index contributed by atoms with van der Waals surface area (Å²) < 4.78 is 5.77. The molecule has 1 aliphatic rings. The molecular weight excluding hydrogens is 276 g/mol. The van der Waals surface area contributed by atoms with E-state index in [0.29, 0.717) is 29.4 Å². The van der Waals surface area contributed by atoms with Crippen molar-refractivity contribution in [2.45, 2.75) is 26.9 Å². The molecule has 0 unspecified atom stereocenters. The summed E-state index contributed by atoms with van der Waals surface area (Å²) in [5.74, 6) is 0.606. The van der Waals surface area contributed by atoms with Gasteiger partial charge in [-0.1, -0.05) is 11.6 Å². The number of carbonyl (C=O) groups is 1. The number of amides is 1. The Bertz CT molecular complexity index is 497. The zero-order valence-electron chi connectivity index (χ0n) is 12.2. The van der Waals surface area contributed by atoms with Crippen LogP contribution < -0.4 is 10.1 Å². The fraction of sp³-hybridized carbons (Fsp3) is 0.533. The summed E-state index contributed by atoms with van der Waals surface area (Å²) in [4.78, 5) is 14.5. The molecule has 0 saturated carbocycles. The molecule has 0 radical (unpaired) electrons. The third-order valence-corrected chi connectivity index (χ3v) is 3.67. The number of rotatable bonds is 3. The maximum absolute atomic E-state index is 12.6. The van der Waals surface area contributed by atoms with E-state index in [4.69, 9.17) is 16.3 Å². The Morgan fingerprint density at radius 2 is 2.00 bits per heavy atom. The second kappa shape index (κ2) is 6.46. The van der Waals surface area contributed by atoms with Gasteiger partial charge in [-0.2, -0.15) is 0 Å². The molecule has 0 bridgehead atoms. The normalized spacial score (nSPS) is 15.6.